The van der Waals surface area contributed by atoms with Crippen LogP contribution in [0.1, 0.15) is 24.8 Å². The quantitative estimate of drug-likeness (QED) is 0.846. The number of nitrogens with zero attached hydrogens (tertiary/aromatic N) is 4. The van der Waals surface area contributed by atoms with Gasteiger partial charge in [-0.2, -0.15) is 0 Å². The second kappa shape index (κ2) is 7.33. The zero-order chi connectivity index (χ0) is 18.0. The molecule has 0 bridgehead atoms. The average molecular weight is 352 g/mol. The van der Waals surface area contributed by atoms with E-state index in [0.717, 1.165) is 23.7 Å². The van der Waals surface area contributed by atoms with E-state index in [2.05, 4.69) is 26.8 Å². The fourth-order valence-electron chi connectivity index (χ4n) is 4.42. The molecule has 4 rings (SSSR count). The lowest BCUT2D eigenvalue weighted by molar-refractivity contribution is 0.105. The van der Waals surface area contributed by atoms with Crippen molar-refractivity contribution in [1.29, 1.82) is 0 Å². The van der Waals surface area contributed by atoms with Crippen molar-refractivity contribution in [3.63, 3.8) is 0 Å². The average Bonchev–Trinajstić information content (AvgIpc) is 3.05. The van der Waals surface area contributed by atoms with E-state index >= 15 is 0 Å². The molecule has 0 N–H and O–H groups in total. The van der Waals surface area contributed by atoms with Gasteiger partial charge in [0.15, 0.2) is 5.82 Å². The molecule has 0 amide bonds. The Hall–Kier alpha value is -1.98. The minimum atomic E-state index is 0.579. The molecular weight excluding hydrogens is 324 g/mol. The van der Waals surface area contributed by atoms with E-state index in [-0.39, 0.29) is 0 Å². The summed E-state index contributed by atoms with van der Waals surface area (Å²) in [6.07, 6.45) is 7.92. The number of aromatic nitrogens is 2. The molecule has 1 aromatic carbocycles. The van der Waals surface area contributed by atoms with Gasteiger partial charge >= 0.3 is 0 Å². The molecule has 2 aromatic rings. The summed E-state index contributed by atoms with van der Waals surface area (Å²) in [6.45, 7) is 5.85. The summed E-state index contributed by atoms with van der Waals surface area (Å²) in [5.74, 6) is 1.53. The van der Waals surface area contributed by atoms with Crippen molar-refractivity contribution in [2.75, 3.05) is 40.3 Å². The highest BCUT2D eigenvalue weighted by Crippen LogP contribution is 2.40. The molecule has 1 aromatic heterocycles. The van der Waals surface area contributed by atoms with Gasteiger partial charge in [-0.15, -0.1) is 0 Å². The van der Waals surface area contributed by atoms with Crippen molar-refractivity contribution in [2.45, 2.75) is 25.8 Å². The Balaban J connectivity index is 1.38. The zero-order valence-corrected chi connectivity index (χ0v) is 15.8. The normalized spacial score (nSPS) is 20.5. The summed E-state index contributed by atoms with van der Waals surface area (Å²) in [6, 6.07) is 7.88. The van der Waals surface area contributed by atoms with E-state index < -0.39 is 0 Å². The predicted molar refractivity (Wildman–Crippen MR) is 103 cm³/mol. The van der Waals surface area contributed by atoms with E-state index in [1.807, 2.05) is 36.7 Å². The van der Waals surface area contributed by atoms with Crippen molar-refractivity contribution < 1.29 is 4.74 Å². The number of hydrogen-bond acceptors (Lipinski definition) is 5. The number of likely N-dealkylation sites (tertiary alicyclic amines) is 2. The second-order valence-electron chi connectivity index (χ2n) is 7.88. The predicted octanol–water partition coefficient (Wildman–Crippen LogP) is 3.07. The lowest BCUT2D eigenvalue weighted by atomic mass is 9.78. The van der Waals surface area contributed by atoms with E-state index in [0.29, 0.717) is 5.41 Å². The monoisotopic (exact) mass is 352 g/mol. The van der Waals surface area contributed by atoms with Crippen LogP contribution in [0.25, 0.3) is 11.4 Å². The van der Waals surface area contributed by atoms with E-state index in [9.17, 15) is 0 Å². The molecule has 2 fully saturated rings. The van der Waals surface area contributed by atoms with Gasteiger partial charge in [0.25, 0.3) is 0 Å². The largest absolute Gasteiger partial charge is 0.496 e. The third kappa shape index (κ3) is 3.60. The third-order valence-corrected chi connectivity index (χ3v) is 6.01. The first-order valence-corrected chi connectivity index (χ1v) is 9.53. The summed E-state index contributed by atoms with van der Waals surface area (Å²) in [5, 5.41) is 0. The van der Waals surface area contributed by atoms with Crippen molar-refractivity contribution in [3.8, 4) is 17.1 Å². The van der Waals surface area contributed by atoms with Crippen LogP contribution in [0.5, 0.6) is 5.75 Å². The Morgan fingerprint density at radius 2 is 1.73 bits per heavy atom. The maximum Gasteiger partial charge on any atom is 0.162 e. The van der Waals surface area contributed by atoms with Gasteiger partial charge in [-0.25, -0.2) is 9.97 Å². The molecule has 2 saturated heterocycles. The van der Waals surface area contributed by atoms with Gasteiger partial charge in [0.2, 0.25) is 0 Å². The molecule has 138 valence electrons. The van der Waals surface area contributed by atoms with Crippen LogP contribution in [-0.4, -0.2) is 60.1 Å². The van der Waals surface area contributed by atoms with Gasteiger partial charge in [0.05, 0.1) is 12.7 Å². The van der Waals surface area contributed by atoms with Gasteiger partial charge in [-0.1, -0.05) is 12.1 Å². The molecule has 1 spiro atoms. The fraction of sp³-hybridized carbons (Fsp3) is 0.524. The number of hydrogen-bond donors (Lipinski definition) is 0. The Labute approximate surface area is 156 Å². The molecule has 0 radical (unpaired) electrons. The van der Waals surface area contributed by atoms with Crippen molar-refractivity contribution >= 4 is 0 Å². The lowest BCUT2D eigenvalue weighted by Crippen LogP contribution is -2.40. The first-order valence-electron chi connectivity index (χ1n) is 9.53. The molecular formula is C21H28N4O. The number of rotatable bonds is 4. The molecule has 0 saturated carbocycles. The maximum absolute atomic E-state index is 5.41. The Kier molecular flexibility index (Phi) is 4.92. The van der Waals surface area contributed by atoms with Gasteiger partial charge in [-0.3, -0.25) is 4.90 Å². The van der Waals surface area contributed by atoms with E-state index in [1.165, 1.54) is 51.0 Å². The Bertz CT molecular complexity index is 738. The van der Waals surface area contributed by atoms with Crippen LogP contribution in [0, 0.1) is 5.41 Å². The number of benzene rings is 1. The zero-order valence-electron chi connectivity index (χ0n) is 15.8. The number of para-hydroxylation sites is 1. The first kappa shape index (κ1) is 17.4. The minimum Gasteiger partial charge on any atom is -0.496 e. The molecule has 2 aliphatic rings. The topological polar surface area (TPSA) is 41.5 Å². The van der Waals surface area contributed by atoms with Gasteiger partial charge < -0.3 is 9.64 Å². The fourth-order valence-corrected chi connectivity index (χ4v) is 4.42. The summed E-state index contributed by atoms with van der Waals surface area (Å²) in [4.78, 5) is 14.2. The summed E-state index contributed by atoms with van der Waals surface area (Å²) in [5.41, 5.74) is 2.70. The smallest absolute Gasteiger partial charge is 0.162 e. The third-order valence-electron chi connectivity index (χ3n) is 6.01. The first-order chi connectivity index (χ1) is 12.7. The number of methoxy groups -OCH3 is 1. The SMILES string of the molecule is COc1ccccc1-c1ncc(CN2CCC3(CCN(C)C3)CC2)cn1. The standard InChI is InChI=1S/C21H28N4O/c1-24-10-7-21(16-24)8-11-25(12-9-21)15-17-13-22-20(23-14-17)18-5-3-4-6-19(18)26-2/h3-6,13-14H,7-12,15-16H2,1-2H3. The van der Waals surface area contributed by atoms with E-state index in [1.54, 1.807) is 7.11 Å². The highest BCUT2D eigenvalue weighted by Gasteiger charge is 2.39. The van der Waals surface area contributed by atoms with Gasteiger partial charge in [0.1, 0.15) is 5.75 Å². The molecule has 0 atom stereocenters. The summed E-state index contributed by atoms with van der Waals surface area (Å²) >= 11 is 0. The molecule has 0 unspecified atom stereocenters. The summed E-state index contributed by atoms with van der Waals surface area (Å²) < 4.78 is 5.41. The van der Waals surface area contributed by atoms with Crippen molar-refractivity contribution in [1.82, 2.24) is 19.8 Å². The van der Waals surface area contributed by atoms with Crippen LogP contribution in [0.2, 0.25) is 0 Å². The molecule has 5 heteroatoms. The van der Waals surface area contributed by atoms with Crippen molar-refractivity contribution in [3.05, 3.63) is 42.2 Å². The van der Waals surface area contributed by atoms with E-state index in [4.69, 9.17) is 4.74 Å². The summed E-state index contributed by atoms with van der Waals surface area (Å²) in [7, 11) is 3.93. The van der Waals surface area contributed by atoms with Gasteiger partial charge in [0, 0.05) is 31.0 Å². The number of ether oxygens (including phenoxy) is 1. The lowest BCUT2D eigenvalue weighted by Gasteiger charge is -2.39. The maximum atomic E-state index is 5.41. The molecule has 2 aliphatic heterocycles. The molecule has 26 heavy (non-hydrogen) atoms. The second-order valence-corrected chi connectivity index (χ2v) is 7.88. The van der Waals surface area contributed by atoms with Crippen LogP contribution in [0.15, 0.2) is 36.7 Å². The van der Waals surface area contributed by atoms with Crippen LogP contribution >= 0.6 is 0 Å². The van der Waals surface area contributed by atoms with Crippen molar-refractivity contribution in [2.24, 2.45) is 5.41 Å². The van der Waals surface area contributed by atoms with Crippen LogP contribution < -0.4 is 4.74 Å². The highest BCUT2D eigenvalue weighted by atomic mass is 16.5. The van der Waals surface area contributed by atoms with Crippen LogP contribution in [0.4, 0.5) is 0 Å². The van der Waals surface area contributed by atoms with Crippen LogP contribution in [0.3, 0.4) is 0 Å². The molecule has 0 aliphatic carbocycles. The number of piperidine rings is 1. The Morgan fingerprint density at radius 3 is 2.38 bits per heavy atom. The molecule has 5 nitrogen and oxygen atoms in total. The molecule has 3 heterocycles. The highest BCUT2D eigenvalue weighted by molar-refractivity contribution is 5.63. The minimum absolute atomic E-state index is 0.579. The van der Waals surface area contributed by atoms with Gasteiger partial charge in [-0.05, 0) is 63.5 Å². The van der Waals surface area contributed by atoms with Crippen LogP contribution in [-0.2, 0) is 6.54 Å². The Morgan fingerprint density at radius 1 is 1.04 bits per heavy atom.